The third-order valence-corrected chi connectivity index (χ3v) is 4.94. The molecule has 1 atom stereocenters. The molecule has 0 aliphatic carbocycles. The Balaban J connectivity index is 0. The van der Waals surface area contributed by atoms with Gasteiger partial charge in [0.1, 0.15) is 30.8 Å². The Morgan fingerprint density at radius 1 is 0.968 bits per heavy atom. The van der Waals surface area contributed by atoms with E-state index in [-0.39, 0.29) is 29.0 Å². The number of hydrogen-bond donors (Lipinski definition) is 2. The lowest BCUT2D eigenvalue weighted by Gasteiger charge is -2.14. The quantitative estimate of drug-likeness (QED) is 0.320. The summed E-state index contributed by atoms with van der Waals surface area (Å²) >= 11 is 9.56. The fourth-order valence-electron chi connectivity index (χ4n) is 1.77. The normalized spacial score (nSPS) is 10.1. The van der Waals surface area contributed by atoms with Gasteiger partial charge in [-0.2, -0.15) is 0 Å². The molecule has 2 rings (SSSR count). The predicted molar refractivity (Wildman–Crippen MR) is 138 cm³/mol. The number of esters is 1. The Hall–Kier alpha value is -1.09. The number of hydrogen-bond acceptors (Lipinski definition) is 5. The number of halogens is 3. The SMILES string of the molecule is CC.CC.CCC.O=C(OCC(O)COc1ccccc1)c1c(Br)cc(Br)c(O)c1Br. The van der Waals surface area contributed by atoms with Crippen LogP contribution in [0.1, 0.15) is 58.3 Å². The van der Waals surface area contributed by atoms with Crippen LogP contribution in [-0.2, 0) is 4.74 Å². The highest BCUT2D eigenvalue weighted by molar-refractivity contribution is 9.11. The number of para-hydroxylation sites is 1. The average Bonchev–Trinajstić information content (AvgIpc) is 2.78. The summed E-state index contributed by atoms with van der Waals surface area (Å²) in [6.07, 6.45) is 0.274. The van der Waals surface area contributed by atoms with E-state index in [1.165, 1.54) is 12.5 Å². The summed E-state index contributed by atoms with van der Waals surface area (Å²) in [5.41, 5.74) is 0.131. The Labute approximate surface area is 211 Å². The second kappa shape index (κ2) is 19.6. The maximum absolute atomic E-state index is 12.2. The summed E-state index contributed by atoms with van der Waals surface area (Å²) in [5.74, 6) is -0.181. The van der Waals surface area contributed by atoms with Gasteiger partial charge in [-0.05, 0) is 66.0 Å². The van der Waals surface area contributed by atoms with Gasteiger partial charge < -0.3 is 19.7 Å². The van der Waals surface area contributed by atoms with Crippen molar-refractivity contribution in [3.63, 3.8) is 0 Å². The van der Waals surface area contributed by atoms with Crippen LogP contribution in [0.3, 0.4) is 0 Å². The predicted octanol–water partition coefficient (Wildman–Crippen LogP) is 7.75. The minimum Gasteiger partial charge on any atom is -0.506 e. The van der Waals surface area contributed by atoms with Crippen molar-refractivity contribution in [2.75, 3.05) is 13.2 Å². The molecule has 1 unspecified atom stereocenters. The van der Waals surface area contributed by atoms with E-state index in [1.807, 2.05) is 45.9 Å². The minimum absolute atomic E-state index is 0.00871. The lowest BCUT2D eigenvalue weighted by atomic mass is 10.2. The fraction of sp³-hybridized carbons (Fsp3) is 0.435. The summed E-state index contributed by atoms with van der Waals surface area (Å²) < 4.78 is 11.5. The van der Waals surface area contributed by atoms with Gasteiger partial charge in [0, 0.05) is 4.47 Å². The first-order valence-corrected chi connectivity index (χ1v) is 12.6. The van der Waals surface area contributed by atoms with Crippen LogP contribution in [0.5, 0.6) is 11.5 Å². The van der Waals surface area contributed by atoms with Crippen molar-refractivity contribution < 1.29 is 24.5 Å². The molecule has 0 aliphatic heterocycles. The van der Waals surface area contributed by atoms with Gasteiger partial charge in [0.15, 0.2) is 0 Å². The van der Waals surface area contributed by atoms with Gasteiger partial charge in [0.05, 0.1) is 14.5 Å². The molecule has 0 fully saturated rings. The van der Waals surface area contributed by atoms with Gasteiger partial charge in [0.25, 0.3) is 0 Å². The highest BCUT2D eigenvalue weighted by atomic mass is 79.9. The maximum Gasteiger partial charge on any atom is 0.340 e. The van der Waals surface area contributed by atoms with Crippen molar-refractivity contribution >= 4 is 53.8 Å². The number of phenols is 1. The van der Waals surface area contributed by atoms with Crippen molar-refractivity contribution in [1.82, 2.24) is 0 Å². The number of carbonyl (C=O) groups excluding carboxylic acids is 1. The molecule has 0 heterocycles. The summed E-state index contributed by atoms with van der Waals surface area (Å²) in [6, 6.07) is 10.5. The topological polar surface area (TPSA) is 76.0 Å². The number of ether oxygens (including phenoxy) is 2. The van der Waals surface area contributed by atoms with E-state index in [9.17, 15) is 15.0 Å². The van der Waals surface area contributed by atoms with Gasteiger partial charge in [0.2, 0.25) is 0 Å². The van der Waals surface area contributed by atoms with Gasteiger partial charge in [-0.25, -0.2) is 4.79 Å². The van der Waals surface area contributed by atoms with E-state index in [0.29, 0.717) is 14.7 Å². The van der Waals surface area contributed by atoms with E-state index in [0.717, 1.165) is 0 Å². The minimum atomic E-state index is -0.976. The third-order valence-electron chi connectivity index (χ3n) is 2.94. The Morgan fingerprint density at radius 3 is 2.00 bits per heavy atom. The first-order chi connectivity index (χ1) is 14.8. The molecule has 5 nitrogen and oxygen atoms in total. The number of aliphatic hydroxyl groups is 1. The molecule has 0 saturated heterocycles. The molecule has 2 aromatic rings. The zero-order valence-electron chi connectivity index (χ0n) is 18.9. The van der Waals surface area contributed by atoms with Gasteiger partial charge in [-0.3, -0.25) is 0 Å². The molecule has 0 saturated carbocycles. The number of benzene rings is 2. The summed E-state index contributed by atoms with van der Waals surface area (Å²) in [6.45, 7) is 12.0. The average molecular weight is 629 g/mol. The third kappa shape index (κ3) is 12.5. The van der Waals surface area contributed by atoms with E-state index >= 15 is 0 Å². The second-order valence-corrected chi connectivity index (χ2v) is 7.96. The largest absolute Gasteiger partial charge is 0.506 e. The first kappa shape index (κ1) is 32.1. The summed E-state index contributed by atoms with van der Waals surface area (Å²) in [5, 5.41) is 19.7. The number of aromatic hydroxyl groups is 1. The monoisotopic (exact) mass is 626 g/mol. The fourth-order valence-corrected chi connectivity index (χ4v) is 4.21. The molecule has 0 spiro atoms. The van der Waals surface area contributed by atoms with Gasteiger partial charge >= 0.3 is 5.97 Å². The van der Waals surface area contributed by atoms with E-state index in [4.69, 9.17) is 9.47 Å². The molecule has 176 valence electrons. The van der Waals surface area contributed by atoms with Crippen molar-refractivity contribution in [2.24, 2.45) is 0 Å². The van der Waals surface area contributed by atoms with E-state index in [1.54, 1.807) is 12.1 Å². The molecular weight excluding hydrogens is 596 g/mol. The summed E-state index contributed by atoms with van der Waals surface area (Å²) in [7, 11) is 0. The van der Waals surface area contributed by atoms with Crippen LogP contribution >= 0.6 is 47.8 Å². The highest BCUT2D eigenvalue weighted by Crippen LogP contribution is 2.39. The molecule has 0 aliphatic rings. The lowest BCUT2D eigenvalue weighted by Crippen LogP contribution is -2.25. The van der Waals surface area contributed by atoms with Crippen LogP contribution in [0.4, 0.5) is 0 Å². The van der Waals surface area contributed by atoms with Crippen LogP contribution in [-0.4, -0.2) is 35.5 Å². The van der Waals surface area contributed by atoms with E-state index < -0.39 is 12.1 Å². The van der Waals surface area contributed by atoms with Crippen molar-refractivity contribution in [1.29, 1.82) is 0 Å². The van der Waals surface area contributed by atoms with Gasteiger partial charge in [-0.15, -0.1) is 0 Å². The molecule has 0 aromatic heterocycles. The van der Waals surface area contributed by atoms with Gasteiger partial charge in [-0.1, -0.05) is 66.2 Å². The summed E-state index contributed by atoms with van der Waals surface area (Å²) in [4.78, 5) is 12.2. The Kier molecular flexibility index (Phi) is 20.3. The van der Waals surface area contributed by atoms with E-state index in [2.05, 4.69) is 61.6 Å². The standard InChI is InChI=1S/C16H13Br3O5.C3H8.2C2H6/c17-11-6-12(18)15(21)14(19)13(11)16(22)24-8-9(20)7-23-10-4-2-1-3-5-10;1-3-2;2*1-2/h1-6,9,20-21H,7-8H2;3H2,1-2H3;2*1-2H3. The number of rotatable bonds is 6. The molecule has 0 bridgehead atoms. The van der Waals surface area contributed by atoms with Crippen LogP contribution in [0.15, 0.2) is 49.8 Å². The van der Waals surface area contributed by atoms with Crippen molar-refractivity contribution in [2.45, 2.75) is 54.1 Å². The lowest BCUT2D eigenvalue weighted by molar-refractivity contribution is 0.0128. The second-order valence-electron chi connectivity index (χ2n) is 5.46. The van der Waals surface area contributed by atoms with Crippen LogP contribution in [0, 0.1) is 0 Å². The Bertz CT molecular complexity index is 740. The Morgan fingerprint density at radius 2 is 1.48 bits per heavy atom. The highest BCUT2D eigenvalue weighted by Gasteiger charge is 2.22. The van der Waals surface area contributed by atoms with Crippen molar-refractivity contribution in [3.8, 4) is 11.5 Å². The first-order valence-electron chi connectivity index (χ1n) is 10.2. The molecule has 31 heavy (non-hydrogen) atoms. The number of phenolic OH excluding ortho intramolecular Hbond substituents is 1. The van der Waals surface area contributed by atoms with Crippen LogP contribution in [0.2, 0.25) is 0 Å². The molecule has 0 radical (unpaired) electrons. The molecule has 2 aromatic carbocycles. The molecule has 2 N–H and O–H groups in total. The molecule has 8 heteroatoms. The number of aliphatic hydroxyl groups excluding tert-OH is 1. The smallest absolute Gasteiger partial charge is 0.340 e. The van der Waals surface area contributed by atoms with Crippen molar-refractivity contribution in [3.05, 3.63) is 55.4 Å². The zero-order chi connectivity index (χ0) is 24.4. The van der Waals surface area contributed by atoms with Crippen LogP contribution < -0.4 is 4.74 Å². The zero-order valence-corrected chi connectivity index (χ0v) is 23.7. The maximum atomic E-state index is 12.2. The molecule has 0 amide bonds. The molecular formula is C23H33Br3O5. The number of carbonyl (C=O) groups is 1. The van der Waals surface area contributed by atoms with Crippen LogP contribution in [0.25, 0.3) is 0 Å².